The first-order chi connectivity index (χ1) is 19.8. The molecule has 0 radical (unpaired) electrons. The number of piperidine rings is 1. The van der Waals surface area contributed by atoms with Crippen LogP contribution in [0, 0.1) is 11.8 Å². The van der Waals surface area contributed by atoms with Crippen LogP contribution in [0.25, 0.3) is 0 Å². The normalized spacial score (nSPS) is 20.4. The van der Waals surface area contributed by atoms with Gasteiger partial charge in [-0.3, -0.25) is 19.3 Å². The Kier molecular flexibility index (Phi) is 7.95. The van der Waals surface area contributed by atoms with Gasteiger partial charge in [-0.1, -0.05) is 29.8 Å². The monoisotopic (exact) mass is 645 g/mol. The Balaban J connectivity index is 1.53. The van der Waals surface area contributed by atoms with Crippen molar-refractivity contribution in [1.29, 1.82) is 0 Å². The van der Waals surface area contributed by atoms with E-state index in [2.05, 4.69) is 40.2 Å². The fourth-order valence-corrected chi connectivity index (χ4v) is 6.36. The molecule has 0 saturated carbocycles. The highest BCUT2D eigenvalue weighted by molar-refractivity contribution is 9.10. The number of benzene rings is 2. The number of halogens is 4. The number of fused-ring (bicyclic) bond motifs is 3. The Hall–Kier alpha value is -3.67. The van der Waals surface area contributed by atoms with E-state index >= 15 is 0 Å². The zero-order valence-corrected chi connectivity index (χ0v) is 25.2. The van der Waals surface area contributed by atoms with E-state index in [-0.39, 0.29) is 34.3 Å². The molecule has 2 aliphatic rings. The topological polar surface area (TPSA) is 87.5 Å². The second-order valence-corrected chi connectivity index (χ2v) is 12.1. The lowest BCUT2D eigenvalue weighted by Gasteiger charge is -2.47. The van der Waals surface area contributed by atoms with Gasteiger partial charge in [0.25, 0.3) is 11.8 Å². The van der Waals surface area contributed by atoms with Crippen molar-refractivity contribution in [2.75, 3.05) is 18.5 Å². The summed E-state index contributed by atoms with van der Waals surface area (Å²) < 4.78 is 42.3. The molecule has 2 aliphatic heterocycles. The number of likely N-dealkylation sites (tertiary alicyclic amines) is 1. The Labute approximate surface area is 250 Å². The first-order valence-corrected chi connectivity index (χ1v) is 14.5. The molecular formula is C30H31BrF3N5O3. The average Bonchev–Trinajstić information content (AvgIpc) is 3.34. The average molecular weight is 647 g/mol. The predicted octanol–water partition coefficient (Wildman–Crippen LogP) is 5.99. The Morgan fingerprint density at radius 3 is 2.40 bits per heavy atom. The summed E-state index contributed by atoms with van der Waals surface area (Å²) in [5.74, 6) is -0.558. The molecular weight excluding hydrogens is 615 g/mol. The number of hydrogen-bond acceptors (Lipinski definition) is 4. The summed E-state index contributed by atoms with van der Waals surface area (Å²) in [6, 6.07) is 9.34. The van der Waals surface area contributed by atoms with Crippen molar-refractivity contribution < 1.29 is 27.6 Å². The number of rotatable bonds is 5. The quantitative estimate of drug-likeness (QED) is 0.369. The molecule has 222 valence electrons. The van der Waals surface area contributed by atoms with Gasteiger partial charge < -0.3 is 10.2 Å². The van der Waals surface area contributed by atoms with Gasteiger partial charge in [-0.2, -0.15) is 18.3 Å². The van der Waals surface area contributed by atoms with E-state index < -0.39 is 35.6 Å². The van der Waals surface area contributed by atoms with Crippen LogP contribution in [-0.2, 0) is 17.4 Å². The Morgan fingerprint density at radius 1 is 1.12 bits per heavy atom. The molecule has 1 saturated heterocycles. The standard InChI is InChI=1S/C30H31BrF3N5O3/c1-16(2)11-20-14-36-39-25-15-37(28(41)19-7-10-24(31)23(13-19)30(32,33)34)17(3)12-22(25)29(42)38(27(20)39)21-8-5-18(6-9-21)26(40)35-4/h5-10,13-14,16-17,22,25H,11-12,15H2,1-4H3,(H,35,40)/t17-,22?,25?/m0/s1. The van der Waals surface area contributed by atoms with Crippen LogP contribution < -0.4 is 10.2 Å². The molecule has 2 aromatic carbocycles. The van der Waals surface area contributed by atoms with Gasteiger partial charge in [-0.05, 0) is 68.1 Å². The Bertz CT molecular complexity index is 1540. The van der Waals surface area contributed by atoms with Crippen molar-refractivity contribution in [3.63, 3.8) is 0 Å². The van der Waals surface area contributed by atoms with Crippen molar-refractivity contribution in [2.24, 2.45) is 11.8 Å². The second-order valence-electron chi connectivity index (χ2n) is 11.2. The van der Waals surface area contributed by atoms with Crippen LogP contribution in [0.2, 0.25) is 0 Å². The third-order valence-electron chi connectivity index (χ3n) is 7.90. The zero-order valence-electron chi connectivity index (χ0n) is 23.6. The predicted molar refractivity (Wildman–Crippen MR) is 155 cm³/mol. The molecule has 0 spiro atoms. The lowest BCUT2D eigenvalue weighted by atomic mass is 9.84. The van der Waals surface area contributed by atoms with Gasteiger partial charge in [0.05, 0.1) is 29.4 Å². The van der Waals surface area contributed by atoms with Crippen LogP contribution in [0.4, 0.5) is 24.7 Å². The number of carbonyl (C=O) groups is 3. The summed E-state index contributed by atoms with van der Waals surface area (Å²) >= 11 is 2.93. The number of nitrogens with zero attached hydrogens (tertiary/aromatic N) is 4. The summed E-state index contributed by atoms with van der Waals surface area (Å²) in [5.41, 5.74) is 0.929. The van der Waals surface area contributed by atoms with E-state index in [0.29, 0.717) is 29.9 Å². The molecule has 5 rings (SSSR count). The fourth-order valence-electron chi connectivity index (χ4n) is 5.89. The highest BCUT2D eigenvalue weighted by atomic mass is 79.9. The maximum Gasteiger partial charge on any atom is 0.417 e. The number of hydrogen-bond donors (Lipinski definition) is 1. The summed E-state index contributed by atoms with van der Waals surface area (Å²) in [6.07, 6.45) is -1.91. The van der Waals surface area contributed by atoms with Crippen molar-refractivity contribution in [1.82, 2.24) is 20.0 Å². The number of nitrogens with one attached hydrogen (secondary N) is 1. The summed E-state index contributed by atoms with van der Waals surface area (Å²) in [4.78, 5) is 43.1. The third kappa shape index (κ3) is 5.32. The van der Waals surface area contributed by atoms with Crippen molar-refractivity contribution >= 4 is 45.2 Å². The Morgan fingerprint density at radius 2 is 1.79 bits per heavy atom. The third-order valence-corrected chi connectivity index (χ3v) is 8.60. The van der Waals surface area contributed by atoms with Gasteiger partial charge in [0.15, 0.2) is 0 Å². The molecule has 3 atom stereocenters. The number of aromatic nitrogens is 2. The molecule has 2 unspecified atom stereocenters. The minimum Gasteiger partial charge on any atom is -0.355 e. The second kappa shape index (κ2) is 11.2. The molecule has 3 heterocycles. The molecule has 1 N–H and O–H groups in total. The van der Waals surface area contributed by atoms with Crippen molar-refractivity contribution in [2.45, 2.75) is 51.9 Å². The molecule has 12 heteroatoms. The van der Waals surface area contributed by atoms with Gasteiger partial charge >= 0.3 is 6.18 Å². The van der Waals surface area contributed by atoms with Crippen LogP contribution in [0.1, 0.15) is 65.1 Å². The highest BCUT2D eigenvalue weighted by Gasteiger charge is 2.48. The lowest BCUT2D eigenvalue weighted by molar-refractivity contribution is -0.138. The highest BCUT2D eigenvalue weighted by Crippen LogP contribution is 2.45. The van der Waals surface area contributed by atoms with Crippen molar-refractivity contribution in [3.8, 4) is 0 Å². The van der Waals surface area contributed by atoms with E-state index in [0.717, 1.165) is 11.6 Å². The molecule has 0 bridgehead atoms. The smallest absolute Gasteiger partial charge is 0.355 e. The first kappa shape index (κ1) is 29.8. The van der Waals surface area contributed by atoms with E-state index in [9.17, 15) is 27.6 Å². The molecule has 1 fully saturated rings. The van der Waals surface area contributed by atoms with E-state index in [1.54, 1.807) is 58.9 Å². The summed E-state index contributed by atoms with van der Waals surface area (Å²) in [6.45, 7) is 6.05. The molecule has 3 aromatic rings. The summed E-state index contributed by atoms with van der Waals surface area (Å²) in [7, 11) is 1.55. The van der Waals surface area contributed by atoms with Crippen LogP contribution >= 0.6 is 15.9 Å². The van der Waals surface area contributed by atoms with E-state index in [4.69, 9.17) is 0 Å². The zero-order chi connectivity index (χ0) is 30.5. The number of alkyl halides is 3. The molecule has 42 heavy (non-hydrogen) atoms. The molecule has 1 aromatic heterocycles. The van der Waals surface area contributed by atoms with Crippen molar-refractivity contribution in [3.05, 3.63) is 75.4 Å². The SMILES string of the molecule is CNC(=O)c1ccc(N2C(=O)C3C[C@H](C)N(C(=O)c4ccc(Br)c(C(F)(F)F)c4)CC3n3ncc(CC(C)C)c32)cc1. The van der Waals surface area contributed by atoms with Gasteiger partial charge in [0, 0.05) is 40.8 Å². The maximum absolute atomic E-state index is 14.2. The first-order valence-electron chi connectivity index (χ1n) is 13.7. The number of carbonyl (C=O) groups excluding carboxylic acids is 3. The molecule has 8 nitrogen and oxygen atoms in total. The van der Waals surface area contributed by atoms with Gasteiger partial charge in [-0.25, -0.2) is 4.68 Å². The van der Waals surface area contributed by atoms with E-state index in [1.165, 1.54) is 12.1 Å². The van der Waals surface area contributed by atoms with Crippen LogP contribution in [0.3, 0.4) is 0 Å². The number of amides is 3. The van der Waals surface area contributed by atoms with Gasteiger partial charge in [0.1, 0.15) is 5.82 Å². The molecule has 3 amide bonds. The van der Waals surface area contributed by atoms with Crippen LogP contribution in [-0.4, -0.2) is 52.0 Å². The maximum atomic E-state index is 14.2. The summed E-state index contributed by atoms with van der Waals surface area (Å²) in [5, 5.41) is 7.27. The lowest BCUT2D eigenvalue weighted by Crippen LogP contribution is -2.56. The van der Waals surface area contributed by atoms with Crippen LogP contribution in [0.5, 0.6) is 0 Å². The molecule has 0 aliphatic carbocycles. The minimum absolute atomic E-state index is 0.0722. The largest absolute Gasteiger partial charge is 0.417 e. The van der Waals surface area contributed by atoms with Crippen LogP contribution in [0.15, 0.2) is 53.1 Å². The number of anilines is 2. The fraction of sp³-hybridized carbons (Fsp3) is 0.400. The van der Waals surface area contributed by atoms with E-state index in [1.807, 2.05) is 0 Å². The van der Waals surface area contributed by atoms with Gasteiger partial charge in [-0.15, -0.1) is 0 Å². The van der Waals surface area contributed by atoms with Gasteiger partial charge in [0.2, 0.25) is 5.91 Å². The minimum atomic E-state index is -4.62.